The number of hydrogen-bond acceptors (Lipinski definition) is 2. The molecule has 0 N–H and O–H groups in total. The monoisotopic (exact) mass is 273 g/mol. The molecule has 20 heavy (non-hydrogen) atoms. The van der Waals surface area contributed by atoms with Crippen molar-refractivity contribution >= 4 is 5.78 Å². The van der Waals surface area contributed by atoms with E-state index in [1.807, 2.05) is 30.3 Å². The van der Waals surface area contributed by atoms with Gasteiger partial charge in [-0.05, 0) is 38.9 Å². The molecule has 0 aliphatic carbocycles. The van der Waals surface area contributed by atoms with Crippen LogP contribution in [-0.2, 0) is 0 Å². The molecule has 0 amide bonds. The zero-order valence-corrected chi connectivity index (χ0v) is 12.7. The summed E-state index contributed by atoms with van der Waals surface area (Å²) in [5, 5.41) is 0. The molecule has 1 aromatic rings. The predicted octanol–water partition coefficient (Wildman–Crippen LogP) is 4.16. The lowest BCUT2D eigenvalue weighted by molar-refractivity contribution is 0.0839. The molecular formula is C18H27NO. The van der Waals surface area contributed by atoms with E-state index in [1.54, 1.807) is 0 Å². The highest BCUT2D eigenvalue weighted by Gasteiger charge is 2.25. The molecule has 0 aromatic heterocycles. The number of unbranched alkanes of at least 4 members (excludes halogenated alkanes) is 3. The van der Waals surface area contributed by atoms with Crippen molar-refractivity contribution in [2.75, 3.05) is 19.6 Å². The van der Waals surface area contributed by atoms with E-state index < -0.39 is 0 Å². The zero-order valence-electron chi connectivity index (χ0n) is 12.7. The lowest BCUT2D eigenvalue weighted by Crippen LogP contribution is -2.36. The number of carbonyl (C=O) groups is 1. The van der Waals surface area contributed by atoms with E-state index in [1.165, 1.54) is 32.2 Å². The van der Waals surface area contributed by atoms with Crippen LogP contribution in [0.1, 0.15) is 55.8 Å². The molecule has 0 unspecified atom stereocenters. The van der Waals surface area contributed by atoms with E-state index in [9.17, 15) is 4.79 Å². The summed E-state index contributed by atoms with van der Waals surface area (Å²) < 4.78 is 0. The first-order valence-electron chi connectivity index (χ1n) is 8.13. The summed E-state index contributed by atoms with van der Waals surface area (Å²) >= 11 is 0. The molecule has 110 valence electrons. The Morgan fingerprint density at radius 1 is 1.10 bits per heavy atom. The molecule has 2 rings (SSSR count). The van der Waals surface area contributed by atoms with Gasteiger partial charge in [-0.25, -0.2) is 0 Å². The first kappa shape index (κ1) is 15.2. The topological polar surface area (TPSA) is 20.3 Å². The second kappa shape index (κ2) is 8.21. The van der Waals surface area contributed by atoms with Crippen molar-refractivity contribution in [3.8, 4) is 0 Å². The molecule has 2 nitrogen and oxygen atoms in total. The van der Waals surface area contributed by atoms with Crippen molar-refractivity contribution in [1.29, 1.82) is 0 Å². The minimum atomic E-state index is 0.240. The van der Waals surface area contributed by atoms with Crippen LogP contribution >= 0.6 is 0 Å². The second-order valence-electron chi connectivity index (χ2n) is 5.91. The van der Waals surface area contributed by atoms with E-state index in [4.69, 9.17) is 0 Å². The maximum absolute atomic E-state index is 12.4. The van der Waals surface area contributed by atoms with Crippen LogP contribution in [0.25, 0.3) is 0 Å². The van der Waals surface area contributed by atoms with Crippen molar-refractivity contribution in [2.45, 2.75) is 45.4 Å². The number of hydrogen-bond donors (Lipinski definition) is 0. The fourth-order valence-electron chi connectivity index (χ4n) is 3.02. The Morgan fingerprint density at radius 2 is 1.80 bits per heavy atom. The van der Waals surface area contributed by atoms with E-state index in [-0.39, 0.29) is 5.92 Å². The van der Waals surface area contributed by atoms with Gasteiger partial charge in [-0.2, -0.15) is 0 Å². The van der Waals surface area contributed by atoms with E-state index in [2.05, 4.69) is 11.8 Å². The molecule has 2 heteroatoms. The Morgan fingerprint density at radius 3 is 2.45 bits per heavy atom. The van der Waals surface area contributed by atoms with Gasteiger partial charge in [0.2, 0.25) is 0 Å². The van der Waals surface area contributed by atoms with Gasteiger partial charge in [0.15, 0.2) is 5.78 Å². The van der Waals surface area contributed by atoms with Crippen LogP contribution < -0.4 is 0 Å². The zero-order chi connectivity index (χ0) is 14.2. The lowest BCUT2D eigenvalue weighted by Gasteiger charge is -2.31. The van der Waals surface area contributed by atoms with Crippen molar-refractivity contribution in [3.05, 3.63) is 35.9 Å². The highest BCUT2D eigenvalue weighted by atomic mass is 16.1. The lowest BCUT2D eigenvalue weighted by atomic mass is 9.89. The van der Waals surface area contributed by atoms with Crippen LogP contribution in [0, 0.1) is 5.92 Å². The molecule has 1 fully saturated rings. The van der Waals surface area contributed by atoms with E-state index in [0.717, 1.165) is 31.5 Å². The van der Waals surface area contributed by atoms with Gasteiger partial charge in [0.25, 0.3) is 0 Å². The van der Waals surface area contributed by atoms with Crippen molar-refractivity contribution in [2.24, 2.45) is 5.92 Å². The number of carbonyl (C=O) groups excluding carboxylic acids is 1. The van der Waals surface area contributed by atoms with Gasteiger partial charge in [0.05, 0.1) is 0 Å². The molecular weight excluding hydrogens is 246 g/mol. The van der Waals surface area contributed by atoms with Gasteiger partial charge in [0, 0.05) is 11.5 Å². The molecule has 0 saturated carbocycles. The third kappa shape index (κ3) is 4.45. The molecule has 1 aromatic carbocycles. The minimum absolute atomic E-state index is 0.240. The Kier molecular flexibility index (Phi) is 6.25. The number of benzene rings is 1. The van der Waals surface area contributed by atoms with Crippen molar-refractivity contribution in [3.63, 3.8) is 0 Å². The van der Waals surface area contributed by atoms with E-state index in [0.29, 0.717) is 5.78 Å². The third-order valence-electron chi connectivity index (χ3n) is 4.34. The number of piperidine rings is 1. The van der Waals surface area contributed by atoms with Crippen LogP contribution in [0.4, 0.5) is 0 Å². The van der Waals surface area contributed by atoms with Crippen LogP contribution in [-0.4, -0.2) is 30.3 Å². The standard InChI is InChI=1S/C18H27NO/c1-2-3-4-8-13-19-14-11-17(12-15-19)18(20)16-9-6-5-7-10-16/h5-7,9-10,17H,2-4,8,11-15H2,1H3. The molecule has 0 spiro atoms. The second-order valence-corrected chi connectivity index (χ2v) is 5.91. The maximum atomic E-state index is 12.4. The van der Waals surface area contributed by atoms with Gasteiger partial charge < -0.3 is 4.90 Å². The first-order valence-corrected chi connectivity index (χ1v) is 8.13. The third-order valence-corrected chi connectivity index (χ3v) is 4.34. The van der Waals surface area contributed by atoms with Gasteiger partial charge in [-0.1, -0.05) is 56.5 Å². The SMILES string of the molecule is CCCCCCN1CCC(C(=O)c2ccccc2)CC1. The van der Waals surface area contributed by atoms with Crippen molar-refractivity contribution < 1.29 is 4.79 Å². The Labute approximate surface area is 123 Å². The van der Waals surface area contributed by atoms with Gasteiger partial charge >= 0.3 is 0 Å². The normalized spacial score (nSPS) is 17.2. The average molecular weight is 273 g/mol. The fourth-order valence-corrected chi connectivity index (χ4v) is 3.02. The Hall–Kier alpha value is -1.15. The fraction of sp³-hybridized carbons (Fsp3) is 0.611. The molecule has 0 radical (unpaired) electrons. The smallest absolute Gasteiger partial charge is 0.166 e. The predicted molar refractivity (Wildman–Crippen MR) is 84.1 cm³/mol. The number of ketones is 1. The summed E-state index contributed by atoms with van der Waals surface area (Å²) in [6.45, 7) is 5.65. The minimum Gasteiger partial charge on any atom is -0.303 e. The van der Waals surface area contributed by atoms with Crippen LogP contribution in [0.3, 0.4) is 0 Å². The van der Waals surface area contributed by atoms with Gasteiger partial charge in [-0.15, -0.1) is 0 Å². The van der Waals surface area contributed by atoms with Crippen molar-refractivity contribution in [1.82, 2.24) is 4.90 Å². The molecule has 0 atom stereocenters. The highest BCUT2D eigenvalue weighted by Crippen LogP contribution is 2.22. The summed E-state index contributed by atoms with van der Waals surface area (Å²) in [7, 11) is 0. The highest BCUT2D eigenvalue weighted by molar-refractivity contribution is 5.97. The number of likely N-dealkylation sites (tertiary alicyclic amines) is 1. The first-order chi connectivity index (χ1) is 9.81. The number of nitrogens with zero attached hydrogens (tertiary/aromatic N) is 1. The van der Waals surface area contributed by atoms with Crippen LogP contribution in [0.15, 0.2) is 30.3 Å². The molecule has 1 heterocycles. The maximum Gasteiger partial charge on any atom is 0.166 e. The molecule has 1 aliphatic heterocycles. The molecule has 1 aliphatic rings. The van der Waals surface area contributed by atoms with Gasteiger partial charge in [0.1, 0.15) is 0 Å². The van der Waals surface area contributed by atoms with E-state index >= 15 is 0 Å². The number of rotatable bonds is 7. The Balaban J connectivity index is 1.73. The average Bonchev–Trinajstić information content (AvgIpc) is 2.52. The Bertz CT molecular complexity index is 393. The van der Waals surface area contributed by atoms with Gasteiger partial charge in [-0.3, -0.25) is 4.79 Å². The van der Waals surface area contributed by atoms with Crippen LogP contribution in [0.5, 0.6) is 0 Å². The summed E-state index contributed by atoms with van der Waals surface area (Å²) in [5.74, 6) is 0.584. The summed E-state index contributed by atoms with van der Waals surface area (Å²) in [4.78, 5) is 14.9. The summed E-state index contributed by atoms with van der Waals surface area (Å²) in [5.41, 5.74) is 0.883. The largest absolute Gasteiger partial charge is 0.303 e. The molecule has 0 bridgehead atoms. The van der Waals surface area contributed by atoms with Crippen LogP contribution in [0.2, 0.25) is 0 Å². The quantitative estimate of drug-likeness (QED) is 0.549. The summed E-state index contributed by atoms with van der Waals surface area (Å²) in [6.07, 6.45) is 7.37. The number of Topliss-reactive ketones (excluding diaryl/α,β-unsaturated/α-hetero) is 1. The summed E-state index contributed by atoms with van der Waals surface area (Å²) in [6, 6.07) is 9.76. The molecule has 1 saturated heterocycles.